The fourth-order valence-electron chi connectivity index (χ4n) is 1.89. The second-order valence-electron chi connectivity index (χ2n) is 4.34. The van der Waals surface area contributed by atoms with Crippen LogP contribution in [0.25, 0.3) is 0 Å². The third-order valence-corrected chi connectivity index (χ3v) is 4.82. The fraction of sp³-hybridized carbons (Fsp3) is 0.600. The maximum Gasteiger partial charge on any atom is 0.254 e. The number of aryl methyl sites for hydroxylation is 1. The molecule has 1 aromatic rings. The summed E-state index contributed by atoms with van der Waals surface area (Å²) in [7, 11) is -1.21. The number of carbonyl (C=O) groups excluding carboxylic acids is 1. The van der Waals surface area contributed by atoms with Gasteiger partial charge >= 0.3 is 0 Å². The van der Waals surface area contributed by atoms with Crippen molar-refractivity contribution in [3.8, 4) is 0 Å². The summed E-state index contributed by atoms with van der Waals surface area (Å²) in [6.45, 7) is 1.80. The minimum Gasteiger partial charge on any atom is -0.348 e. The summed E-state index contributed by atoms with van der Waals surface area (Å²) in [5.74, 6) is -0.0557. The standard InChI is InChI=1S/C10H15N3O3S/c1-7-9(5-11-13(7)2)10(14)12-8-3-4-17(15,16)6-8/h5,8H,3-4,6H2,1-2H3,(H,12,14)/t8-/m0/s1. The molecule has 17 heavy (non-hydrogen) atoms. The van der Waals surface area contributed by atoms with Gasteiger partial charge in [0, 0.05) is 18.8 Å². The summed E-state index contributed by atoms with van der Waals surface area (Å²) in [5, 5.41) is 6.71. The van der Waals surface area contributed by atoms with Crippen molar-refractivity contribution in [3.63, 3.8) is 0 Å². The highest BCUT2D eigenvalue weighted by molar-refractivity contribution is 7.91. The van der Waals surface area contributed by atoms with Gasteiger partial charge in [0.2, 0.25) is 0 Å². The summed E-state index contributed by atoms with van der Waals surface area (Å²) in [6, 6.07) is -0.271. The van der Waals surface area contributed by atoms with Crippen molar-refractivity contribution in [1.29, 1.82) is 0 Å². The largest absolute Gasteiger partial charge is 0.348 e. The van der Waals surface area contributed by atoms with Gasteiger partial charge in [-0.25, -0.2) is 8.42 Å². The minimum absolute atomic E-state index is 0.0397. The number of nitrogens with zero attached hydrogens (tertiary/aromatic N) is 2. The Hall–Kier alpha value is -1.37. The van der Waals surface area contributed by atoms with Crippen LogP contribution in [-0.4, -0.2) is 41.7 Å². The monoisotopic (exact) mass is 257 g/mol. The summed E-state index contributed by atoms with van der Waals surface area (Å²) in [6.07, 6.45) is 1.99. The van der Waals surface area contributed by atoms with E-state index in [9.17, 15) is 13.2 Å². The van der Waals surface area contributed by atoms with Crippen molar-refractivity contribution < 1.29 is 13.2 Å². The van der Waals surface area contributed by atoms with Gasteiger partial charge < -0.3 is 5.32 Å². The fourth-order valence-corrected chi connectivity index (χ4v) is 3.57. The van der Waals surface area contributed by atoms with Crippen LogP contribution in [0.4, 0.5) is 0 Å². The third-order valence-electron chi connectivity index (χ3n) is 3.05. The van der Waals surface area contributed by atoms with Crippen LogP contribution in [0.2, 0.25) is 0 Å². The van der Waals surface area contributed by atoms with Crippen LogP contribution >= 0.6 is 0 Å². The molecule has 1 aliphatic rings. The topological polar surface area (TPSA) is 81.1 Å². The highest BCUT2D eigenvalue weighted by atomic mass is 32.2. The Labute approximate surface area is 99.9 Å². The van der Waals surface area contributed by atoms with Crippen LogP contribution in [0.15, 0.2) is 6.20 Å². The van der Waals surface area contributed by atoms with Crippen molar-refractivity contribution in [2.75, 3.05) is 11.5 Å². The molecular weight excluding hydrogens is 242 g/mol. The van der Waals surface area contributed by atoms with Gasteiger partial charge in [0.05, 0.1) is 23.3 Å². The Morgan fingerprint density at radius 1 is 1.59 bits per heavy atom. The minimum atomic E-state index is -2.96. The molecule has 1 amide bonds. The van der Waals surface area contributed by atoms with E-state index >= 15 is 0 Å². The molecule has 1 fully saturated rings. The van der Waals surface area contributed by atoms with Crippen LogP contribution in [0.3, 0.4) is 0 Å². The molecule has 0 unspecified atom stereocenters. The molecule has 2 heterocycles. The van der Waals surface area contributed by atoms with E-state index in [0.29, 0.717) is 12.0 Å². The molecule has 0 spiro atoms. The Morgan fingerprint density at radius 2 is 2.29 bits per heavy atom. The lowest BCUT2D eigenvalue weighted by molar-refractivity contribution is 0.0940. The zero-order valence-corrected chi connectivity index (χ0v) is 10.6. The Kier molecular flexibility index (Phi) is 2.94. The van der Waals surface area contributed by atoms with Crippen LogP contribution in [0.1, 0.15) is 22.5 Å². The second-order valence-corrected chi connectivity index (χ2v) is 6.57. The van der Waals surface area contributed by atoms with E-state index in [0.717, 1.165) is 5.69 Å². The first-order valence-electron chi connectivity index (χ1n) is 5.39. The molecule has 1 N–H and O–H groups in total. The van der Waals surface area contributed by atoms with Gasteiger partial charge in [-0.2, -0.15) is 5.10 Å². The van der Waals surface area contributed by atoms with E-state index < -0.39 is 9.84 Å². The number of hydrogen-bond donors (Lipinski definition) is 1. The first kappa shape index (κ1) is 12.1. The van der Waals surface area contributed by atoms with E-state index in [2.05, 4.69) is 10.4 Å². The third kappa shape index (κ3) is 2.49. The van der Waals surface area contributed by atoms with Gasteiger partial charge in [0.1, 0.15) is 0 Å². The lowest BCUT2D eigenvalue weighted by atomic mass is 10.2. The molecule has 7 heteroatoms. The van der Waals surface area contributed by atoms with Gasteiger partial charge in [-0.1, -0.05) is 0 Å². The molecule has 0 radical (unpaired) electrons. The van der Waals surface area contributed by atoms with E-state index in [-0.39, 0.29) is 23.5 Å². The molecule has 1 aliphatic heterocycles. The number of rotatable bonds is 2. The normalized spacial score (nSPS) is 22.6. The second kappa shape index (κ2) is 4.14. The van der Waals surface area contributed by atoms with Crippen molar-refractivity contribution in [3.05, 3.63) is 17.5 Å². The average Bonchev–Trinajstić information content (AvgIpc) is 2.72. The quantitative estimate of drug-likeness (QED) is 0.785. The number of aromatic nitrogens is 2. The van der Waals surface area contributed by atoms with E-state index in [1.807, 2.05) is 0 Å². The SMILES string of the molecule is Cc1c(C(=O)N[C@H]2CCS(=O)(=O)C2)cnn1C. The van der Waals surface area contributed by atoms with Crippen LogP contribution in [0, 0.1) is 6.92 Å². The molecule has 1 aromatic heterocycles. The molecule has 0 bridgehead atoms. The van der Waals surface area contributed by atoms with E-state index in [1.165, 1.54) is 6.20 Å². The van der Waals surface area contributed by atoms with E-state index in [1.54, 1.807) is 18.7 Å². The number of sulfone groups is 1. The lowest BCUT2D eigenvalue weighted by Crippen LogP contribution is -2.35. The highest BCUT2D eigenvalue weighted by Gasteiger charge is 2.29. The number of hydrogen-bond acceptors (Lipinski definition) is 4. The highest BCUT2D eigenvalue weighted by Crippen LogP contribution is 2.13. The summed E-state index contributed by atoms with van der Waals surface area (Å²) < 4.78 is 24.1. The van der Waals surface area contributed by atoms with Crippen LogP contribution in [0.5, 0.6) is 0 Å². The summed E-state index contributed by atoms with van der Waals surface area (Å²) in [5.41, 5.74) is 1.26. The lowest BCUT2D eigenvalue weighted by Gasteiger charge is -2.10. The van der Waals surface area contributed by atoms with E-state index in [4.69, 9.17) is 0 Å². The van der Waals surface area contributed by atoms with Gasteiger partial charge in [-0.05, 0) is 13.3 Å². The van der Waals surface area contributed by atoms with Gasteiger partial charge in [-0.15, -0.1) is 0 Å². The first-order chi connectivity index (χ1) is 7.89. The maximum absolute atomic E-state index is 11.9. The van der Waals surface area contributed by atoms with Gasteiger partial charge in [0.25, 0.3) is 5.91 Å². The van der Waals surface area contributed by atoms with Crippen molar-refractivity contribution in [1.82, 2.24) is 15.1 Å². The molecule has 1 saturated heterocycles. The molecule has 94 valence electrons. The van der Waals surface area contributed by atoms with Crippen LogP contribution < -0.4 is 5.32 Å². The molecular formula is C10H15N3O3S. The summed E-state index contributed by atoms with van der Waals surface area (Å²) >= 11 is 0. The smallest absolute Gasteiger partial charge is 0.254 e. The number of amides is 1. The van der Waals surface area contributed by atoms with Crippen LogP contribution in [-0.2, 0) is 16.9 Å². The van der Waals surface area contributed by atoms with Crippen molar-refractivity contribution in [2.45, 2.75) is 19.4 Å². The zero-order chi connectivity index (χ0) is 12.6. The predicted molar refractivity (Wildman–Crippen MR) is 62.5 cm³/mol. The molecule has 1 atom stereocenters. The Balaban J connectivity index is 2.06. The zero-order valence-electron chi connectivity index (χ0n) is 9.80. The molecule has 0 saturated carbocycles. The van der Waals surface area contributed by atoms with Crippen molar-refractivity contribution >= 4 is 15.7 Å². The predicted octanol–water partition coefficient (Wildman–Crippen LogP) is -0.355. The number of nitrogens with one attached hydrogen (secondary N) is 1. The first-order valence-corrected chi connectivity index (χ1v) is 7.21. The molecule has 0 aliphatic carbocycles. The molecule has 2 rings (SSSR count). The Bertz CT molecular complexity index is 547. The van der Waals surface area contributed by atoms with Gasteiger partial charge in [-0.3, -0.25) is 9.48 Å². The Morgan fingerprint density at radius 3 is 2.76 bits per heavy atom. The average molecular weight is 257 g/mol. The molecule has 0 aromatic carbocycles. The van der Waals surface area contributed by atoms with Crippen molar-refractivity contribution in [2.24, 2.45) is 7.05 Å². The summed E-state index contributed by atoms with van der Waals surface area (Å²) in [4.78, 5) is 11.9. The van der Waals surface area contributed by atoms with Gasteiger partial charge in [0.15, 0.2) is 9.84 Å². The number of carbonyl (C=O) groups is 1. The molecule has 6 nitrogen and oxygen atoms in total. The maximum atomic E-state index is 11.9.